The van der Waals surface area contributed by atoms with Crippen molar-refractivity contribution in [1.29, 1.82) is 0 Å². The fourth-order valence-electron chi connectivity index (χ4n) is 7.32. The van der Waals surface area contributed by atoms with Gasteiger partial charge in [-0.25, -0.2) is 0 Å². The van der Waals surface area contributed by atoms with Crippen molar-refractivity contribution in [2.45, 2.75) is 29.2 Å². The van der Waals surface area contributed by atoms with Crippen molar-refractivity contribution in [3.8, 4) is 5.75 Å². The number of thioether (sulfide) groups is 1. The number of carboxylic acids is 1. The average molecular weight is 549 g/mol. The summed E-state index contributed by atoms with van der Waals surface area (Å²) in [5.74, 6) is -2.44. The SMILES string of the molecule is O=C(O)CN1C(=O)C2C3CC(C2C1=O)C1C3Sc2[nH]c(=O)sc2[C@@H]1c1ccccc1OCc1ccccc1. The van der Waals surface area contributed by atoms with Crippen LogP contribution in [0.1, 0.15) is 28.3 Å². The van der Waals surface area contributed by atoms with Gasteiger partial charge < -0.3 is 14.8 Å². The Balaban J connectivity index is 1.29. The maximum Gasteiger partial charge on any atom is 0.323 e. The van der Waals surface area contributed by atoms with Gasteiger partial charge in [0.15, 0.2) is 0 Å². The first-order chi connectivity index (χ1) is 18.4. The first-order valence-electron chi connectivity index (χ1n) is 12.6. The third-order valence-electron chi connectivity index (χ3n) is 8.60. The second kappa shape index (κ2) is 8.84. The zero-order valence-electron chi connectivity index (χ0n) is 20.1. The molecular weight excluding hydrogens is 524 g/mol. The molecular formula is C28H24N2O6S2. The number of imide groups is 1. The monoisotopic (exact) mass is 548 g/mol. The molecule has 10 heteroatoms. The van der Waals surface area contributed by atoms with E-state index in [2.05, 4.69) is 4.98 Å². The van der Waals surface area contributed by atoms with E-state index in [-0.39, 0.29) is 45.6 Å². The number of aromatic amines is 1. The van der Waals surface area contributed by atoms with Gasteiger partial charge in [0.1, 0.15) is 18.9 Å². The Hall–Kier alpha value is -3.37. The van der Waals surface area contributed by atoms with Gasteiger partial charge in [-0.3, -0.25) is 24.1 Å². The van der Waals surface area contributed by atoms with E-state index in [0.717, 1.165) is 38.1 Å². The maximum atomic E-state index is 13.4. The predicted molar refractivity (Wildman–Crippen MR) is 140 cm³/mol. The van der Waals surface area contributed by atoms with Crippen molar-refractivity contribution in [1.82, 2.24) is 9.88 Å². The minimum absolute atomic E-state index is 0.0215. The van der Waals surface area contributed by atoms with Gasteiger partial charge in [0.05, 0.1) is 16.9 Å². The molecule has 0 spiro atoms. The number of H-pyrrole nitrogens is 1. The highest BCUT2D eigenvalue weighted by molar-refractivity contribution is 8.00. The molecule has 1 saturated heterocycles. The lowest BCUT2D eigenvalue weighted by Crippen LogP contribution is -2.42. The fraction of sp³-hybridized carbons (Fsp3) is 0.357. The Morgan fingerprint density at radius 1 is 1.00 bits per heavy atom. The van der Waals surface area contributed by atoms with E-state index in [0.29, 0.717) is 6.61 Å². The number of amides is 2. The second-order valence-electron chi connectivity index (χ2n) is 10.4. The van der Waals surface area contributed by atoms with Crippen LogP contribution in [0, 0.1) is 29.6 Å². The van der Waals surface area contributed by atoms with Crippen molar-refractivity contribution in [3.05, 3.63) is 80.3 Å². The molecule has 8 nitrogen and oxygen atoms in total. The van der Waals surface area contributed by atoms with Gasteiger partial charge in [0, 0.05) is 21.6 Å². The summed E-state index contributed by atoms with van der Waals surface area (Å²) in [7, 11) is 0. The molecule has 1 aromatic heterocycles. The first kappa shape index (κ1) is 23.7. The number of likely N-dealkylation sites (tertiary alicyclic amines) is 1. The number of carbonyl (C=O) groups is 3. The molecule has 2 bridgehead atoms. The highest BCUT2D eigenvalue weighted by atomic mass is 32.2. The number of aromatic nitrogens is 1. The highest BCUT2D eigenvalue weighted by Gasteiger charge is 2.69. The number of benzene rings is 2. The van der Waals surface area contributed by atoms with Crippen LogP contribution in [0.5, 0.6) is 5.75 Å². The van der Waals surface area contributed by atoms with E-state index in [1.165, 1.54) is 11.3 Å². The molecule has 38 heavy (non-hydrogen) atoms. The number of carbonyl (C=O) groups excluding carboxylic acids is 2. The Kier molecular flexibility index (Phi) is 5.52. The lowest BCUT2D eigenvalue weighted by atomic mass is 9.68. The number of rotatable bonds is 6. The van der Waals surface area contributed by atoms with Gasteiger partial charge in [0.25, 0.3) is 0 Å². The predicted octanol–water partition coefficient (Wildman–Crippen LogP) is 3.57. The minimum Gasteiger partial charge on any atom is -0.489 e. The van der Waals surface area contributed by atoms with Gasteiger partial charge in [0.2, 0.25) is 11.8 Å². The van der Waals surface area contributed by atoms with Crippen LogP contribution < -0.4 is 9.61 Å². The Morgan fingerprint density at radius 2 is 1.71 bits per heavy atom. The number of fused-ring (bicyclic) bond motifs is 9. The highest BCUT2D eigenvalue weighted by Crippen LogP contribution is 2.68. The van der Waals surface area contributed by atoms with Crippen LogP contribution in [0.25, 0.3) is 0 Å². The quantitative estimate of drug-likeness (QED) is 0.453. The van der Waals surface area contributed by atoms with Crippen LogP contribution in [-0.2, 0) is 21.0 Å². The van der Waals surface area contributed by atoms with Gasteiger partial charge in [-0.1, -0.05) is 59.9 Å². The second-order valence-corrected chi connectivity index (χ2v) is 12.6. The number of nitrogens with one attached hydrogen (secondary N) is 1. The summed E-state index contributed by atoms with van der Waals surface area (Å²) < 4.78 is 6.33. The standard InChI is InChI=1S/C28H24N2O6S2/c31-18(32)11-30-26(33)21-15-10-16(22(21)27(30)34)23-20(15)19(24-25(37-23)29-28(35)38-24)14-8-4-5-9-17(14)36-12-13-6-2-1-3-7-13/h1-9,15-16,19-23H,10-12H2,(H,29,35)(H,31,32)/t15?,16?,19-,20?,21?,22?,23?/m1/s1. The number of aliphatic carboxylic acids is 1. The molecule has 3 aromatic rings. The Morgan fingerprint density at radius 3 is 2.47 bits per heavy atom. The Labute approximate surface area is 226 Å². The van der Waals surface area contributed by atoms with Gasteiger partial charge in [-0.2, -0.15) is 0 Å². The molecule has 6 unspecified atom stereocenters. The van der Waals surface area contributed by atoms with Gasteiger partial charge in [-0.05, 0) is 35.8 Å². The van der Waals surface area contributed by atoms with Crippen molar-refractivity contribution >= 4 is 40.9 Å². The lowest BCUT2D eigenvalue weighted by molar-refractivity contribution is -0.149. The largest absolute Gasteiger partial charge is 0.489 e. The van der Waals surface area contributed by atoms with Crippen molar-refractivity contribution in [3.63, 3.8) is 0 Å². The van der Waals surface area contributed by atoms with Crippen LogP contribution in [0.3, 0.4) is 0 Å². The summed E-state index contributed by atoms with van der Waals surface area (Å²) >= 11 is 2.81. The van der Waals surface area contributed by atoms with E-state index < -0.39 is 24.3 Å². The number of carboxylic acid groups (broad SMARTS) is 1. The lowest BCUT2D eigenvalue weighted by Gasteiger charge is -2.43. The summed E-state index contributed by atoms with van der Waals surface area (Å²) in [6.07, 6.45) is 0.749. The third kappa shape index (κ3) is 3.50. The molecule has 2 N–H and O–H groups in total. The molecule has 194 valence electrons. The molecule has 2 aromatic carbocycles. The van der Waals surface area contributed by atoms with Crippen LogP contribution >= 0.6 is 23.1 Å². The summed E-state index contributed by atoms with van der Waals surface area (Å²) in [5.41, 5.74) is 2.02. The van der Waals surface area contributed by atoms with E-state index in [4.69, 9.17) is 4.74 Å². The van der Waals surface area contributed by atoms with Gasteiger partial charge >= 0.3 is 10.8 Å². The zero-order valence-corrected chi connectivity index (χ0v) is 21.7. The fourth-order valence-corrected chi connectivity index (χ4v) is 10.2. The summed E-state index contributed by atoms with van der Waals surface area (Å²) in [6.45, 7) is -0.190. The molecule has 3 fully saturated rings. The molecule has 2 aliphatic heterocycles. The minimum atomic E-state index is -1.19. The molecule has 3 heterocycles. The molecule has 2 amide bonds. The topological polar surface area (TPSA) is 117 Å². The number of hydrogen-bond acceptors (Lipinski definition) is 7. The van der Waals surface area contributed by atoms with Gasteiger partial charge in [-0.15, -0.1) is 11.8 Å². The number of hydrogen-bond donors (Lipinski definition) is 2. The van der Waals surface area contributed by atoms with E-state index >= 15 is 0 Å². The van der Waals surface area contributed by atoms with Crippen molar-refractivity contribution in [2.24, 2.45) is 29.6 Å². The van der Waals surface area contributed by atoms with Crippen molar-refractivity contribution in [2.75, 3.05) is 6.54 Å². The molecule has 4 aliphatic rings. The number of thiazole rings is 1. The third-order valence-corrected chi connectivity index (χ3v) is 11.2. The van der Waals surface area contributed by atoms with Crippen LogP contribution in [0.4, 0.5) is 0 Å². The average Bonchev–Trinajstić information content (AvgIpc) is 3.64. The molecule has 2 saturated carbocycles. The molecule has 7 rings (SSSR count). The van der Waals surface area contributed by atoms with E-state index in [1.807, 2.05) is 54.6 Å². The van der Waals surface area contributed by atoms with Crippen LogP contribution in [0.2, 0.25) is 0 Å². The molecule has 2 aliphatic carbocycles. The molecule has 7 atom stereocenters. The zero-order chi connectivity index (χ0) is 26.1. The first-order valence-corrected chi connectivity index (χ1v) is 14.3. The summed E-state index contributed by atoms with van der Waals surface area (Å²) in [4.78, 5) is 55.3. The maximum absolute atomic E-state index is 13.4. The van der Waals surface area contributed by atoms with E-state index in [1.54, 1.807) is 11.8 Å². The van der Waals surface area contributed by atoms with E-state index in [9.17, 15) is 24.3 Å². The van der Waals surface area contributed by atoms with Crippen molar-refractivity contribution < 1.29 is 24.2 Å². The number of nitrogens with zero attached hydrogens (tertiary/aromatic N) is 1. The molecule has 0 radical (unpaired) electrons. The smallest absolute Gasteiger partial charge is 0.323 e. The summed E-state index contributed by atoms with van der Waals surface area (Å²) in [5, 5.41) is 10.2. The van der Waals surface area contributed by atoms with Crippen LogP contribution in [0.15, 0.2) is 64.4 Å². The number of ether oxygens (including phenoxy) is 1. The normalized spacial score (nSPS) is 30.7. The number of para-hydroxylation sites is 1. The summed E-state index contributed by atoms with van der Waals surface area (Å²) in [6, 6.07) is 17.8. The Bertz CT molecular complexity index is 1520. The van der Waals surface area contributed by atoms with Crippen LogP contribution in [-0.4, -0.2) is 44.6 Å².